The lowest BCUT2D eigenvalue weighted by atomic mass is 10.3. The Kier molecular flexibility index (Phi) is 7.65. The minimum absolute atomic E-state index is 0.857. The summed E-state index contributed by atoms with van der Waals surface area (Å²) in [6.07, 6.45) is 12.3. The van der Waals surface area contributed by atoms with Crippen molar-refractivity contribution in [2.24, 2.45) is 0 Å². The molecule has 0 rings (SSSR count). The second-order valence-corrected chi connectivity index (χ2v) is 2.11. The normalized spacial score (nSPS) is 10.0. The van der Waals surface area contributed by atoms with Gasteiger partial charge in [-0.2, -0.15) is 0 Å². The molecule has 0 saturated carbocycles. The Bertz CT molecular complexity index is 119. The molecule has 0 saturated heterocycles. The van der Waals surface area contributed by atoms with Crippen molar-refractivity contribution >= 4 is 0 Å². The van der Waals surface area contributed by atoms with E-state index in [-0.39, 0.29) is 0 Å². The Morgan fingerprint density at radius 3 is 2.70 bits per heavy atom. The quantitative estimate of drug-likeness (QED) is 0.344. The van der Waals surface area contributed by atoms with E-state index in [1.165, 1.54) is 0 Å². The number of hydrogen-bond acceptors (Lipinski definition) is 1. The maximum atomic E-state index is 5.07. The van der Waals surface area contributed by atoms with E-state index in [9.17, 15) is 0 Å². The van der Waals surface area contributed by atoms with E-state index in [2.05, 4.69) is 23.4 Å². The molecule has 0 aromatic rings. The Balaban J connectivity index is 2.98. The fourth-order valence-electron chi connectivity index (χ4n) is 0.630. The van der Waals surface area contributed by atoms with E-state index >= 15 is 0 Å². The number of terminal acetylenes is 1. The summed E-state index contributed by atoms with van der Waals surface area (Å²) in [5.74, 6) is 2.59. The molecule has 0 atom stereocenters. The van der Waals surface area contributed by atoms with Crippen molar-refractivity contribution < 1.29 is 0 Å². The Labute approximate surface area is 63.5 Å². The van der Waals surface area contributed by atoms with E-state index in [1.807, 2.05) is 7.05 Å². The number of allylic oxidation sites excluding steroid dienone is 1. The molecule has 0 spiro atoms. The van der Waals surface area contributed by atoms with Gasteiger partial charge in [0.25, 0.3) is 0 Å². The van der Waals surface area contributed by atoms with Gasteiger partial charge in [-0.3, -0.25) is 0 Å². The molecule has 10 heavy (non-hydrogen) atoms. The molecule has 1 N–H and O–H groups in total. The predicted octanol–water partition coefficient (Wildman–Crippen LogP) is 1.57. The molecule has 0 amide bonds. The Morgan fingerprint density at radius 1 is 1.40 bits per heavy atom. The molecule has 0 bridgehead atoms. The third-order valence-corrected chi connectivity index (χ3v) is 1.18. The second-order valence-electron chi connectivity index (χ2n) is 2.11. The smallest absolute Gasteiger partial charge is 0.0121 e. The summed E-state index contributed by atoms with van der Waals surface area (Å²) in [5.41, 5.74) is 0. The van der Waals surface area contributed by atoms with Crippen molar-refractivity contribution in [3.05, 3.63) is 12.2 Å². The summed E-state index contributed by atoms with van der Waals surface area (Å²) in [7, 11) is 1.95. The largest absolute Gasteiger partial charge is 0.319 e. The molecule has 1 heteroatoms. The van der Waals surface area contributed by atoms with E-state index in [0.29, 0.717) is 0 Å². The molecule has 56 valence electrons. The summed E-state index contributed by atoms with van der Waals surface area (Å²) in [4.78, 5) is 0. The van der Waals surface area contributed by atoms with Crippen molar-refractivity contribution in [1.82, 2.24) is 5.32 Å². The third-order valence-electron chi connectivity index (χ3n) is 1.18. The molecule has 0 aliphatic heterocycles. The van der Waals surface area contributed by atoms with Crippen LogP contribution in [0.2, 0.25) is 0 Å². The van der Waals surface area contributed by atoms with Crippen LogP contribution in [0, 0.1) is 12.3 Å². The van der Waals surface area contributed by atoms with E-state index < -0.39 is 0 Å². The van der Waals surface area contributed by atoms with Gasteiger partial charge in [-0.15, -0.1) is 12.3 Å². The van der Waals surface area contributed by atoms with Gasteiger partial charge in [0.15, 0.2) is 0 Å². The Morgan fingerprint density at radius 2 is 2.10 bits per heavy atom. The van der Waals surface area contributed by atoms with Crippen LogP contribution in [0.4, 0.5) is 0 Å². The van der Waals surface area contributed by atoms with Gasteiger partial charge in [-0.1, -0.05) is 12.2 Å². The highest BCUT2D eigenvalue weighted by molar-refractivity contribution is 4.90. The zero-order valence-corrected chi connectivity index (χ0v) is 6.56. The maximum absolute atomic E-state index is 5.07. The van der Waals surface area contributed by atoms with Crippen LogP contribution in [0.25, 0.3) is 0 Å². The van der Waals surface area contributed by atoms with Crippen molar-refractivity contribution in [3.63, 3.8) is 0 Å². The molecular formula is C9H15N. The van der Waals surface area contributed by atoms with Crippen molar-refractivity contribution in [3.8, 4) is 12.3 Å². The molecule has 0 aromatic heterocycles. The SMILES string of the molecule is C#CCC/C=C/CCNC. The highest BCUT2D eigenvalue weighted by atomic mass is 14.8. The highest BCUT2D eigenvalue weighted by Gasteiger charge is 1.76. The van der Waals surface area contributed by atoms with Gasteiger partial charge in [0.05, 0.1) is 0 Å². The summed E-state index contributed by atoms with van der Waals surface area (Å²) in [6.45, 7) is 1.05. The summed E-state index contributed by atoms with van der Waals surface area (Å²) in [5, 5.41) is 3.07. The lowest BCUT2D eigenvalue weighted by Gasteiger charge is -1.89. The van der Waals surface area contributed by atoms with Crippen LogP contribution >= 0.6 is 0 Å². The Hall–Kier alpha value is -0.740. The second kappa shape index (κ2) is 8.26. The molecular weight excluding hydrogens is 122 g/mol. The summed E-state index contributed by atoms with van der Waals surface area (Å²) >= 11 is 0. The lowest BCUT2D eigenvalue weighted by Crippen LogP contribution is -2.05. The van der Waals surface area contributed by atoms with Crippen LogP contribution < -0.4 is 5.32 Å². The molecule has 1 nitrogen and oxygen atoms in total. The van der Waals surface area contributed by atoms with Gasteiger partial charge >= 0.3 is 0 Å². The number of nitrogens with one attached hydrogen (secondary N) is 1. The first-order valence-electron chi connectivity index (χ1n) is 3.65. The molecule has 0 aliphatic carbocycles. The lowest BCUT2D eigenvalue weighted by molar-refractivity contribution is 0.805. The zero-order chi connectivity index (χ0) is 7.66. The number of unbranched alkanes of at least 4 members (excludes halogenated alkanes) is 1. The standard InChI is InChI=1S/C9H15N/c1-3-4-5-6-7-8-9-10-2/h1,6-7,10H,4-5,8-9H2,2H3/b7-6+. The van der Waals surface area contributed by atoms with Gasteiger partial charge in [-0.25, -0.2) is 0 Å². The van der Waals surface area contributed by atoms with Gasteiger partial charge < -0.3 is 5.32 Å². The molecule has 0 unspecified atom stereocenters. The minimum Gasteiger partial charge on any atom is -0.319 e. The van der Waals surface area contributed by atoms with E-state index in [0.717, 1.165) is 25.8 Å². The van der Waals surface area contributed by atoms with Crippen LogP contribution in [0.15, 0.2) is 12.2 Å². The molecule has 0 fully saturated rings. The van der Waals surface area contributed by atoms with Gasteiger partial charge in [0, 0.05) is 6.42 Å². The average Bonchev–Trinajstić information content (AvgIpc) is 1.97. The first kappa shape index (κ1) is 9.26. The van der Waals surface area contributed by atoms with Gasteiger partial charge in [0.2, 0.25) is 0 Å². The topological polar surface area (TPSA) is 12.0 Å². The van der Waals surface area contributed by atoms with Crippen LogP contribution in [0.5, 0.6) is 0 Å². The van der Waals surface area contributed by atoms with Crippen LogP contribution in [-0.4, -0.2) is 13.6 Å². The maximum Gasteiger partial charge on any atom is 0.0121 e. The van der Waals surface area contributed by atoms with Crippen molar-refractivity contribution in [2.75, 3.05) is 13.6 Å². The fourth-order valence-corrected chi connectivity index (χ4v) is 0.630. The molecule has 0 heterocycles. The highest BCUT2D eigenvalue weighted by Crippen LogP contribution is 1.89. The number of hydrogen-bond donors (Lipinski definition) is 1. The fraction of sp³-hybridized carbons (Fsp3) is 0.556. The average molecular weight is 137 g/mol. The van der Waals surface area contributed by atoms with Crippen LogP contribution in [0.1, 0.15) is 19.3 Å². The molecule has 0 aromatic carbocycles. The van der Waals surface area contributed by atoms with Crippen molar-refractivity contribution in [1.29, 1.82) is 0 Å². The molecule has 0 radical (unpaired) electrons. The first-order chi connectivity index (χ1) is 4.91. The van der Waals surface area contributed by atoms with E-state index in [4.69, 9.17) is 6.42 Å². The summed E-state index contributed by atoms with van der Waals surface area (Å²) in [6, 6.07) is 0. The third kappa shape index (κ3) is 7.26. The van der Waals surface area contributed by atoms with Gasteiger partial charge in [0.1, 0.15) is 0 Å². The van der Waals surface area contributed by atoms with Crippen LogP contribution in [0.3, 0.4) is 0 Å². The van der Waals surface area contributed by atoms with Crippen LogP contribution in [-0.2, 0) is 0 Å². The molecule has 0 aliphatic rings. The monoisotopic (exact) mass is 137 g/mol. The van der Waals surface area contributed by atoms with Gasteiger partial charge in [-0.05, 0) is 26.4 Å². The predicted molar refractivity (Wildman–Crippen MR) is 45.8 cm³/mol. The zero-order valence-electron chi connectivity index (χ0n) is 6.56. The first-order valence-corrected chi connectivity index (χ1v) is 3.65. The van der Waals surface area contributed by atoms with Crippen molar-refractivity contribution in [2.45, 2.75) is 19.3 Å². The number of rotatable bonds is 5. The minimum atomic E-state index is 0.857. The summed E-state index contributed by atoms with van der Waals surface area (Å²) < 4.78 is 0. The van der Waals surface area contributed by atoms with E-state index in [1.54, 1.807) is 0 Å².